The van der Waals surface area contributed by atoms with Crippen LogP contribution in [-0.2, 0) is 13.5 Å². The standard InChI is InChI=1S/C15H26N4O2/c1-5-6-12-13(19(20)21)14(18(4)17-12)16-11-7-9-15(2,3)10-8-11/h11,16H,5-10H2,1-4H3. The van der Waals surface area contributed by atoms with E-state index in [4.69, 9.17) is 0 Å². The average molecular weight is 294 g/mol. The van der Waals surface area contributed by atoms with Crippen molar-refractivity contribution in [2.45, 2.75) is 65.3 Å². The first-order chi connectivity index (χ1) is 9.84. The van der Waals surface area contributed by atoms with E-state index in [-0.39, 0.29) is 10.6 Å². The predicted molar refractivity (Wildman–Crippen MR) is 83.5 cm³/mol. The Morgan fingerprint density at radius 3 is 2.57 bits per heavy atom. The van der Waals surface area contributed by atoms with Crippen molar-refractivity contribution in [3.63, 3.8) is 0 Å². The molecular formula is C15H26N4O2. The Balaban J connectivity index is 2.18. The maximum absolute atomic E-state index is 11.4. The summed E-state index contributed by atoms with van der Waals surface area (Å²) in [6, 6.07) is 0.307. The molecular weight excluding hydrogens is 268 g/mol. The Morgan fingerprint density at radius 2 is 2.05 bits per heavy atom. The molecule has 21 heavy (non-hydrogen) atoms. The quantitative estimate of drug-likeness (QED) is 0.664. The van der Waals surface area contributed by atoms with Gasteiger partial charge in [-0.3, -0.25) is 10.1 Å². The maximum Gasteiger partial charge on any atom is 0.333 e. The summed E-state index contributed by atoms with van der Waals surface area (Å²) in [4.78, 5) is 11.1. The van der Waals surface area contributed by atoms with Gasteiger partial charge in [-0.05, 0) is 37.5 Å². The fourth-order valence-electron chi connectivity index (χ4n) is 3.06. The van der Waals surface area contributed by atoms with E-state index < -0.39 is 0 Å². The van der Waals surface area contributed by atoms with Crippen LogP contribution in [0.5, 0.6) is 0 Å². The molecule has 0 aliphatic heterocycles. The van der Waals surface area contributed by atoms with Crippen LogP contribution in [0.25, 0.3) is 0 Å². The molecule has 0 spiro atoms. The average Bonchev–Trinajstić information content (AvgIpc) is 2.69. The second-order valence-electron chi connectivity index (χ2n) is 6.86. The molecule has 2 rings (SSSR count). The normalized spacial score (nSPS) is 18.7. The fraction of sp³-hybridized carbons (Fsp3) is 0.800. The van der Waals surface area contributed by atoms with E-state index in [0.29, 0.717) is 29.4 Å². The fourth-order valence-corrected chi connectivity index (χ4v) is 3.06. The molecule has 0 saturated heterocycles. The predicted octanol–water partition coefficient (Wildman–Crippen LogP) is 3.66. The van der Waals surface area contributed by atoms with Crippen molar-refractivity contribution in [2.75, 3.05) is 5.32 Å². The maximum atomic E-state index is 11.4. The number of aryl methyl sites for hydroxylation is 2. The number of hydrogen-bond donors (Lipinski definition) is 1. The minimum Gasteiger partial charge on any atom is -0.362 e. The summed E-state index contributed by atoms with van der Waals surface area (Å²) in [7, 11) is 1.78. The van der Waals surface area contributed by atoms with E-state index in [2.05, 4.69) is 24.3 Å². The van der Waals surface area contributed by atoms with Gasteiger partial charge in [-0.25, -0.2) is 4.68 Å². The number of rotatable bonds is 5. The summed E-state index contributed by atoms with van der Waals surface area (Å²) < 4.78 is 1.63. The Morgan fingerprint density at radius 1 is 1.43 bits per heavy atom. The van der Waals surface area contributed by atoms with E-state index in [9.17, 15) is 10.1 Å². The van der Waals surface area contributed by atoms with E-state index in [1.807, 2.05) is 6.92 Å². The van der Waals surface area contributed by atoms with E-state index in [1.54, 1.807) is 11.7 Å². The number of nitro groups is 1. The second-order valence-corrected chi connectivity index (χ2v) is 6.86. The van der Waals surface area contributed by atoms with Gasteiger partial charge < -0.3 is 5.32 Å². The van der Waals surface area contributed by atoms with Gasteiger partial charge in [0, 0.05) is 13.1 Å². The van der Waals surface area contributed by atoms with Crippen molar-refractivity contribution >= 4 is 11.5 Å². The molecule has 1 aromatic heterocycles. The third kappa shape index (κ3) is 3.54. The van der Waals surface area contributed by atoms with Crippen molar-refractivity contribution in [2.24, 2.45) is 12.5 Å². The zero-order valence-electron chi connectivity index (χ0n) is 13.5. The van der Waals surface area contributed by atoms with Crippen LogP contribution in [-0.4, -0.2) is 20.7 Å². The van der Waals surface area contributed by atoms with Gasteiger partial charge in [0.1, 0.15) is 5.69 Å². The van der Waals surface area contributed by atoms with Gasteiger partial charge in [-0.1, -0.05) is 27.2 Å². The Kier molecular flexibility index (Phi) is 4.54. The van der Waals surface area contributed by atoms with Crippen LogP contribution in [0.15, 0.2) is 0 Å². The first kappa shape index (κ1) is 15.8. The highest BCUT2D eigenvalue weighted by Crippen LogP contribution is 2.37. The summed E-state index contributed by atoms with van der Waals surface area (Å²) in [5, 5.41) is 19.1. The number of anilines is 1. The molecule has 0 aromatic carbocycles. The van der Waals surface area contributed by atoms with Crippen LogP contribution in [0.3, 0.4) is 0 Å². The summed E-state index contributed by atoms with van der Waals surface area (Å²) in [6.07, 6.45) is 5.91. The van der Waals surface area contributed by atoms with Crippen LogP contribution in [0.2, 0.25) is 0 Å². The van der Waals surface area contributed by atoms with Gasteiger partial charge >= 0.3 is 5.69 Å². The topological polar surface area (TPSA) is 73.0 Å². The van der Waals surface area contributed by atoms with Crippen molar-refractivity contribution in [1.82, 2.24) is 9.78 Å². The van der Waals surface area contributed by atoms with Gasteiger partial charge in [0.05, 0.1) is 4.92 Å². The summed E-state index contributed by atoms with van der Waals surface area (Å²) in [5.74, 6) is 0.563. The van der Waals surface area contributed by atoms with Crippen LogP contribution in [0.1, 0.15) is 58.6 Å². The largest absolute Gasteiger partial charge is 0.362 e. The second kappa shape index (κ2) is 6.03. The van der Waals surface area contributed by atoms with E-state index >= 15 is 0 Å². The number of nitrogens with zero attached hydrogens (tertiary/aromatic N) is 3. The lowest BCUT2D eigenvalue weighted by molar-refractivity contribution is -0.384. The van der Waals surface area contributed by atoms with Crippen LogP contribution in [0, 0.1) is 15.5 Å². The minimum absolute atomic E-state index is 0.157. The van der Waals surface area contributed by atoms with E-state index in [0.717, 1.165) is 32.1 Å². The Hall–Kier alpha value is -1.59. The molecule has 6 heteroatoms. The smallest absolute Gasteiger partial charge is 0.333 e. The zero-order chi connectivity index (χ0) is 15.6. The molecule has 1 saturated carbocycles. The number of hydrogen-bond acceptors (Lipinski definition) is 4. The molecule has 0 bridgehead atoms. The van der Waals surface area contributed by atoms with Crippen LogP contribution in [0.4, 0.5) is 11.5 Å². The third-order valence-corrected chi connectivity index (χ3v) is 4.44. The summed E-state index contributed by atoms with van der Waals surface area (Å²) in [5.41, 5.74) is 1.14. The Labute approximate surface area is 126 Å². The molecule has 1 heterocycles. The third-order valence-electron chi connectivity index (χ3n) is 4.44. The highest BCUT2D eigenvalue weighted by atomic mass is 16.6. The lowest BCUT2D eigenvalue weighted by Gasteiger charge is -2.34. The molecule has 118 valence electrons. The lowest BCUT2D eigenvalue weighted by Crippen LogP contribution is -2.30. The molecule has 0 atom stereocenters. The molecule has 1 fully saturated rings. The van der Waals surface area contributed by atoms with Gasteiger partial charge in [0.2, 0.25) is 5.82 Å². The molecule has 1 aromatic rings. The van der Waals surface area contributed by atoms with Crippen molar-refractivity contribution < 1.29 is 4.92 Å². The number of nitrogens with one attached hydrogen (secondary N) is 1. The van der Waals surface area contributed by atoms with E-state index in [1.165, 1.54) is 0 Å². The highest BCUT2D eigenvalue weighted by molar-refractivity contribution is 5.60. The van der Waals surface area contributed by atoms with Gasteiger partial charge in [-0.15, -0.1) is 0 Å². The van der Waals surface area contributed by atoms with Crippen LogP contribution < -0.4 is 5.32 Å². The van der Waals surface area contributed by atoms with Crippen LogP contribution >= 0.6 is 0 Å². The Bertz CT molecular complexity index is 512. The first-order valence-corrected chi connectivity index (χ1v) is 7.81. The zero-order valence-corrected chi connectivity index (χ0v) is 13.5. The van der Waals surface area contributed by atoms with Crippen molar-refractivity contribution in [3.05, 3.63) is 15.8 Å². The molecule has 1 aliphatic carbocycles. The minimum atomic E-state index is -0.299. The summed E-state index contributed by atoms with van der Waals surface area (Å²) >= 11 is 0. The molecule has 0 radical (unpaired) electrons. The van der Waals surface area contributed by atoms with Crippen molar-refractivity contribution in [3.8, 4) is 0 Å². The van der Waals surface area contributed by atoms with Gasteiger partial charge in [-0.2, -0.15) is 5.10 Å². The molecule has 0 amide bonds. The SMILES string of the molecule is CCCc1nn(C)c(NC2CCC(C)(C)CC2)c1[N+](=O)[O-]. The molecule has 0 unspecified atom stereocenters. The molecule has 1 N–H and O–H groups in total. The highest BCUT2D eigenvalue weighted by Gasteiger charge is 2.31. The summed E-state index contributed by atoms with van der Waals surface area (Å²) in [6.45, 7) is 6.58. The molecule has 1 aliphatic rings. The lowest BCUT2D eigenvalue weighted by atomic mass is 9.75. The van der Waals surface area contributed by atoms with Gasteiger partial charge in [0.25, 0.3) is 0 Å². The van der Waals surface area contributed by atoms with Gasteiger partial charge in [0.15, 0.2) is 0 Å². The van der Waals surface area contributed by atoms with Crippen molar-refractivity contribution in [1.29, 1.82) is 0 Å². The molecule has 6 nitrogen and oxygen atoms in total. The first-order valence-electron chi connectivity index (χ1n) is 7.81. The monoisotopic (exact) mass is 294 g/mol. The number of aromatic nitrogens is 2.